The summed E-state index contributed by atoms with van der Waals surface area (Å²) in [5.74, 6) is -0.528. The van der Waals surface area contributed by atoms with E-state index in [1.807, 2.05) is 27.7 Å². The molecule has 0 saturated carbocycles. The number of rotatable bonds is 8. The van der Waals surface area contributed by atoms with E-state index >= 15 is 0 Å². The van der Waals surface area contributed by atoms with Crippen molar-refractivity contribution in [1.82, 2.24) is 4.72 Å². The van der Waals surface area contributed by atoms with Crippen LogP contribution in [0.1, 0.15) is 38.3 Å². The molecule has 0 aliphatic rings. The summed E-state index contributed by atoms with van der Waals surface area (Å²) in [6, 6.07) is 11.5. The SMILES string of the molecule is CCc1cc(=O)oc2cc(OC(=O)[C@@H](CC(C)C)NS(=O)(=O)c3ccc(C)cc3)ccc12. The monoisotopic (exact) mass is 457 g/mol. The molecule has 32 heavy (non-hydrogen) atoms. The number of fused-ring (bicyclic) bond motifs is 1. The number of hydrogen-bond acceptors (Lipinski definition) is 6. The first-order valence-corrected chi connectivity index (χ1v) is 11.9. The zero-order valence-electron chi connectivity index (χ0n) is 18.5. The van der Waals surface area contributed by atoms with Crippen LogP contribution in [0.4, 0.5) is 0 Å². The predicted molar refractivity (Wildman–Crippen MR) is 122 cm³/mol. The molecule has 0 bridgehead atoms. The van der Waals surface area contributed by atoms with Gasteiger partial charge in [-0.25, -0.2) is 18.0 Å². The Morgan fingerprint density at radius 2 is 1.78 bits per heavy atom. The van der Waals surface area contributed by atoms with Crippen molar-refractivity contribution in [2.45, 2.75) is 51.5 Å². The van der Waals surface area contributed by atoms with E-state index in [1.54, 1.807) is 24.3 Å². The number of aryl methyl sites for hydroxylation is 2. The molecular formula is C24H27NO6S. The second-order valence-electron chi connectivity index (χ2n) is 8.14. The van der Waals surface area contributed by atoms with Gasteiger partial charge in [-0.05, 0) is 55.5 Å². The van der Waals surface area contributed by atoms with Gasteiger partial charge < -0.3 is 9.15 Å². The molecule has 170 valence electrons. The first-order valence-electron chi connectivity index (χ1n) is 10.5. The Morgan fingerprint density at radius 3 is 2.41 bits per heavy atom. The highest BCUT2D eigenvalue weighted by molar-refractivity contribution is 7.89. The van der Waals surface area contributed by atoms with Crippen LogP contribution in [0.25, 0.3) is 11.0 Å². The second-order valence-corrected chi connectivity index (χ2v) is 9.85. The molecular weight excluding hydrogens is 430 g/mol. The Morgan fingerprint density at radius 1 is 1.09 bits per heavy atom. The fraction of sp³-hybridized carbons (Fsp3) is 0.333. The minimum atomic E-state index is -3.92. The summed E-state index contributed by atoms with van der Waals surface area (Å²) < 4.78 is 38.8. The number of nitrogens with one attached hydrogen (secondary N) is 1. The molecule has 3 rings (SSSR count). The smallest absolute Gasteiger partial charge is 0.336 e. The fourth-order valence-electron chi connectivity index (χ4n) is 3.39. The Balaban J connectivity index is 1.86. The zero-order chi connectivity index (χ0) is 23.5. The molecule has 3 aromatic rings. The molecule has 1 atom stereocenters. The maximum atomic E-state index is 12.9. The molecule has 1 N–H and O–H groups in total. The van der Waals surface area contributed by atoms with Gasteiger partial charge in [-0.15, -0.1) is 0 Å². The van der Waals surface area contributed by atoms with Crippen molar-refractivity contribution in [2.75, 3.05) is 0 Å². The largest absolute Gasteiger partial charge is 0.425 e. The van der Waals surface area contributed by atoms with E-state index < -0.39 is 27.7 Å². The van der Waals surface area contributed by atoms with Gasteiger partial charge in [-0.2, -0.15) is 4.72 Å². The molecule has 8 heteroatoms. The maximum absolute atomic E-state index is 12.9. The van der Waals surface area contributed by atoms with E-state index in [0.717, 1.165) is 16.5 Å². The molecule has 0 saturated heterocycles. The lowest BCUT2D eigenvalue weighted by atomic mass is 10.0. The van der Waals surface area contributed by atoms with Crippen LogP contribution in [0.5, 0.6) is 5.75 Å². The maximum Gasteiger partial charge on any atom is 0.336 e. The van der Waals surface area contributed by atoms with Gasteiger partial charge in [-0.3, -0.25) is 0 Å². The van der Waals surface area contributed by atoms with Gasteiger partial charge in [-0.1, -0.05) is 38.5 Å². The third-order valence-corrected chi connectivity index (χ3v) is 6.51. The number of carbonyl (C=O) groups excluding carboxylic acids is 1. The van der Waals surface area contributed by atoms with Gasteiger partial charge in [0, 0.05) is 17.5 Å². The van der Waals surface area contributed by atoms with E-state index in [-0.39, 0.29) is 23.0 Å². The summed E-state index contributed by atoms with van der Waals surface area (Å²) in [7, 11) is -3.92. The van der Waals surface area contributed by atoms with Crippen molar-refractivity contribution in [1.29, 1.82) is 0 Å². The number of benzene rings is 2. The lowest BCUT2D eigenvalue weighted by Crippen LogP contribution is -2.43. The highest BCUT2D eigenvalue weighted by Gasteiger charge is 2.28. The van der Waals surface area contributed by atoms with Crippen LogP contribution in [0.2, 0.25) is 0 Å². The van der Waals surface area contributed by atoms with E-state index in [1.165, 1.54) is 24.3 Å². The summed E-state index contributed by atoms with van der Waals surface area (Å²) >= 11 is 0. The first kappa shape index (κ1) is 23.7. The standard InChI is InChI=1S/C24H27NO6S/c1-5-17-13-23(26)31-22-14-18(8-11-20(17)22)30-24(27)21(12-15(2)3)25-32(28,29)19-9-6-16(4)7-10-19/h6-11,13-15,21,25H,5,12H2,1-4H3/t21-/m1/s1. The van der Waals surface area contributed by atoms with E-state index in [9.17, 15) is 18.0 Å². The number of ether oxygens (including phenoxy) is 1. The Labute approximate surface area is 187 Å². The van der Waals surface area contributed by atoms with Gasteiger partial charge in [0.1, 0.15) is 17.4 Å². The molecule has 0 aliphatic carbocycles. The van der Waals surface area contributed by atoms with Crippen molar-refractivity contribution in [2.24, 2.45) is 5.92 Å². The number of carbonyl (C=O) groups is 1. The van der Waals surface area contributed by atoms with Gasteiger partial charge in [0.15, 0.2) is 0 Å². The molecule has 0 radical (unpaired) electrons. The van der Waals surface area contributed by atoms with Crippen LogP contribution in [-0.2, 0) is 21.2 Å². The molecule has 2 aromatic carbocycles. The van der Waals surface area contributed by atoms with E-state index in [0.29, 0.717) is 12.0 Å². The minimum Gasteiger partial charge on any atom is -0.425 e. The Hall–Kier alpha value is -2.97. The van der Waals surface area contributed by atoms with Crippen molar-refractivity contribution < 1.29 is 22.4 Å². The van der Waals surface area contributed by atoms with Crippen LogP contribution in [-0.4, -0.2) is 20.4 Å². The summed E-state index contributed by atoms with van der Waals surface area (Å²) in [5.41, 5.74) is 1.58. The molecule has 0 spiro atoms. The highest BCUT2D eigenvalue weighted by atomic mass is 32.2. The van der Waals surface area contributed by atoms with E-state index in [2.05, 4.69) is 4.72 Å². The second kappa shape index (κ2) is 9.67. The van der Waals surface area contributed by atoms with Crippen LogP contribution in [0.15, 0.2) is 62.6 Å². The lowest BCUT2D eigenvalue weighted by Gasteiger charge is -2.19. The average Bonchev–Trinajstić information content (AvgIpc) is 2.72. The average molecular weight is 458 g/mol. The third-order valence-electron chi connectivity index (χ3n) is 5.02. The molecule has 0 aliphatic heterocycles. The summed E-state index contributed by atoms with van der Waals surface area (Å²) in [4.78, 5) is 24.8. The number of esters is 1. The summed E-state index contributed by atoms with van der Waals surface area (Å²) in [6.07, 6.45) is 0.908. The predicted octanol–water partition coefficient (Wildman–Crippen LogP) is 3.96. The van der Waals surface area contributed by atoms with Crippen LogP contribution in [0.3, 0.4) is 0 Å². The highest BCUT2D eigenvalue weighted by Crippen LogP contribution is 2.24. The molecule has 1 aromatic heterocycles. The third kappa shape index (κ3) is 5.63. The molecule has 0 unspecified atom stereocenters. The van der Waals surface area contributed by atoms with Gasteiger partial charge >= 0.3 is 11.6 Å². The topological polar surface area (TPSA) is 103 Å². The molecule has 0 amide bonds. The van der Waals surface area contributed by atoms with Crippen molar-refractivity contribution >= 4 is 27.0 Å². The van der Waals surface area contributed by atoms with Crippen molar-refractivity contribution in [3.05, 3.63) is 70.1 Å². The zero-order valence-corrected chi connectivity index (χ0v) is 19.4. The minimum absolute atomic E-state index is 0.0370. The lowest BCUT2D eigenvalue weighted by molar-refractivity contribution is -0.136. The first-order chi connectivity index (χ1) is 15.1. The molecule has 0 fully saturated rings. The number of hydrogen-bond donors (Lipinski definition) is 1. The van der Waals surface area contributed by atoms with E-state index in [4.69, 9.17) is 9.15 Å². The number of sulfonamides is 1. The summed E-state index contributed by atoms with van der Waals surface area (Å²) in [6.45, 7) is 7.56. The van der Waals surface area contributed by atoms with Gasteiger partial charge in [0.25, 0.3) is 0 Å². The van der Waals surface area contributed by atoms with Gasteiger partial charge in [0.05, 0.1) is 4.90 Å². The van der Waals surface area contributed by atoms with Crippen LogP contribution < -0.4 is 15.1 Å². The molecule has 7 nitrogen and oxygen atoms in total. The van der Waals surface area contributed by atoms with Crippen molar-refractivity contribution in [3.63, 3.8) is 0 Å². The van der Waals surface area contributed by atoms with Gasteiger partial charge in [0.2, 0.25) is 10.0 Å². The normalized spacial score (nSPS) is 12.8. The van der Waals surface area contributed by atoms with Crippen LogP contribution in [0, 0.1) is 12.8 Å². The Kier molecular flexibility index (Phi) is 7.16. The fourth-order valence-corrected chi connectivity index (χ4v) is 4.59. The van der Waals surface area contributed by atoms with Crippen LogP contribution >= 0.6 is 0 Å². The molecule has 1 heterocycles. The Bertz CT molecular complexity index is 1280. The quantitative estimate of drug-likeness (QED) is 0.312. The summed E-state index contributed by atoms with van der Waals surface area (Å²) in [5, 5.41) is 0.755. The van der Waals surface area contributed by atoms with Crippen molar-refractivity contribution in [3.8, 4) is 5.75 Å².